The number of hydrogen-bond donors (Lipinski definition) is 0. The zero-order chi connectivity index (χ0) is 11.4. The van der Waals surface area contributed by atoms with Gasteiger partial charge in [0.25, 0.3) is 0 Å². The number of ether oxygens (including phenoxy) is 2. The molecule has 0 amide bonds. The van der Waals surface area contributed by atoms with Crippen LogP contribution in [0, 0.1) is 18.2 Å². The van der Waals surface area contributed by atoms with Crippen molar-refractivity contribution in [3.8, 4) is 18.1 Å². The van der Waals surface area contributed by atoms with Crippen molar-refractivity contribution < 1.29 is 13.9 Å². The number of terminal acetylenes is 1. The van der Waals surface area contributed by atoms with Crippen LogP contribution < -0.4 is 4.74 Å². The normalized spacial score (nSPS) is 19.4. The van der Waals surface area contributed by atoms with E-state index in [0.717, 1.165) is 19.4 Å². The molecule has 3 heteroatoms. The Morgan fingerprint density at radius 2 is 2.44 bits per heavy atom. The van der Waals surface area contributed by atoms with E-state index in [9.17, 15) is 4.39 Å². The van der Waals surface area contributed by atoms with Crippen molar-refractivity contribution in [2.75, 3.05) is 13.2 Å². The molecule has 0 bridgehead atoms. The van der Waals surface area contributed by atoms with Crippen LogP contribution in [0.4, 0.5) is 4.39 Å². The molecule has 0 radical (unpaired) electrons. The summed E-state index contributed by atoms with van der Waals surface area (Å²) in [5.41, 5.74) is 0.615. The van der Waals surface area contributed by atoms with Gasteiger partial charge in [0.15, 0.2) is 11.6 Å². The third-order valence-electron chi connectivity index (χ3n) is 2.55. The fourth-order valence-corrected chi connectivity index (χ4v) is 1.66. The highest BCUT2D eigenvalue weighted by Crippen LogP contribution is 2.20. The number of hydrogen-bond acceptors (Lipinski definition) is 2. The Kier molecular flexibility index (Phi) is 3.43. The molecule has 1 aromatic rings. The summed E-state index contributed by atoms with van der Waals surface area (Å²) in [7, 11) is 0. The van der Waals surface area contributed by atoms with Crippen LogP contribution in [-0.4, -0.2) is 19.3 Å². The second-order valence-corrected chi connectivity index (χ2v) is 3.74. The van der Waals surface area contributed by atoms with E-state index in [1.54, 1.807) is 6.07 Å². The highest BCUT2D eigenvalue weighted by atomic mass is 19.1. The van der Waals surface area contributed by atoms with E-state index >= 15 is 0 Å². The summed E-state index contributed by atoms with van der Waals surface area (Å²) in [5, 5.41) is 0. The molecule has 0 aromatic heterocycles. The molecule has 1 aromatic carbocycles. The average Bonchev–Trinajstić information content (AvgIpc) is 2.81. The molecule has 1 atom stereocenters. The summed E-state index contributed by atoms with van der Waals surface area (Å²) in [5.74, 6) is 2.25. The van der Waals surface area contributed by atoms with E-state index in [1.807, 2.05) is 0 Å². The van der Waals surface area contributed by atoms with Gasteiger partial charge in [0.1, 0.15) is 6.61 Å². The Labute approximate surface area is 94.4 Å². The molecule has 0 saturated carbocycles. The summed E-state index contributed by atoms with van der Waals surface area (Å²) in [6.45, 7) is 1.14. The molecular formula is C13H13FO2. The van der Waals surface area contributed by atoms with Gasteiger partial charge in [-0.15, -0.1) is 6.42 Å². The minimum absolute atomic E-state index is 0.0777. The minimum atomic E-state index is -0.392. The molecule has 2 nitrogen and oxygen atoms in total. The Hall–Kier alpha value is -1.53. The van der Waals surface area contributed by atoms with Crippen LogP contribution in [-0.2, 0) is 4.74 Å². The summed E-state index contributed by atoms with van der Waals surface area (Å²) >= 11 is 0. The van der Waals surface area contributed by atoms with E-state index in [-0.39, 0.29) is 11.9 Å². The van der Waals surface area contributed by atoms with Crippen LogP contribution in [0.2, 0.25) is 0 Å². The average molecular weight is 220 g/mol. The van der Waals surface area contributed by atoms with Crippen molar-refractivity contribution in [1.82, 2.24) is 0 Å². The van der Waals surface area contributed by atoms with Gasteiger partial charge in [-0.1, -0.05) is 5.92 Å². The second-order valence-electron chi connectivity index (χ2n) is 3.74. The molecule has 84 valence electrons. The molecular weight excluding hydrogens is 207 g/mol. The lowest BCUT2D eigenvalue weighted by Crippen LogP contribution is -2.16. The number of benzene rings is 1. The molecule has 16 heavy (non-hydrogen) atoms. The first kappa shape index (κ1) is 11.0. The molecule has 1 aliphatic rings. The van der Waals surface area contributed by atoms with Crippen molar-refractivity contribution in [3.05, 3.63) is 29.6 Å². The first-order chi connectivity index (χ1) is 7.79. The van der Waals surface area contributed by atoms with Crippen LogP contribution in [0.3, 0.4) is 0 Å². The van der Waals surface area contributed by atoms with Gasteiger partial charge in [0.2, 0.25) is 0 Å². The Bertz CT molecular complexity index is 403. The van der Waals surface area contributed by atoms with Crippen LogP contribution in [0.25, 0.3) is 0 Å². The largest absolute Gasteiger partial charge is 0.488 e. The topological polar surface area (TPSA) is 18.5 Å². The molecule has 1 saturated heterocycles. The third kappa shape index (κ3) is 2.53. The third-order valence-corrected chi connectivity index (χ3v) is 2.55. The van der Waals surface area contributed by atoms with Crippen LogP contribution in [0.15, 0.2) is 18.2 Å². The molecule has 0 aliphatic carbocycles. The smallest absolute Gasteiger partial charge is 0.165 e. The van der Waals surface area contributed by atoms with Crippen LogP contribution >= 0.6 is 0 Å². The highest BCUT2D eigenvalue weighted by Gasteiger charge is 2.16. The first-order valence-electron chi connectivity index (χ1n) is 5.30. The van der Waals surface area contributed by atoms with Crippen LogP contribution in [0.1, 0.15) is 18.4 Å². The lowest BCUT2D eigenvalue weighted by atomic mass is 10.2. The summed E-state index contributed by atoms with van der Waals surface area (Å²) in [6.07, 6.45) is 7.32. The lowest BCUT2D eigenvalue weighted by Gasteiger charge is -2.12. The Morgan fingerprint density at radius 3 is 3.12 bits per heavy atom. The quantitative estimate of drug-likeness (QED) is 0.728. The predicted octanol–water partition coefficient (Wildman–Crippen LogP) is 2.36. The number of halogens is 1. The Balaban J connectivity index is 2.00. The lowest BCUT2D eigenvalue weighted by molar-refractivity contribution is 0.0665. The zero-order valence-corrected chi connectivity index (χ0v) is 8.91. The highest BCUT2D eigenvalue weighted by molar-refractivity contribution is 5.39. The van der Waals surface area contributed by atoms with Crippen LogP contribution in [0.5, 0.6) is 5.75 Å². The molecule has 1 fully saturated rings. The predicted molar refractivity (Wildman–Crippen MR) is 58.8 cm³/mol. The standard InChI is InChI=1S/C13H13FO2/c1-2-10-5-6-12(14)13(8-10)16-9-11-4-3-7-15-11/h1,5-6,8,11H,3-4,7,9H2/t11-/m0/s1. The van der Waals surface area contributed by atoms with Crippen molar-refractivity contribution in [2.45, 2.75) is 18.9 Å². The number of rotatable bonds is 3. The van der Waals surface area contributed by atoms with Gasteiger partial charge in [0, 0.05) is 12.2 Å². The molecule has 0 spiro atoms. The molecule has 0 N–H and O–H groups in total. The van der Waals surface area contributed by atoms with Gasteiger partial charge in [-0.3, -0.25) is 0 Å². The zero-order valence-electron chi connectivity index (χ0n) is 8.91. The van der Waals surface area contributed by atoms with E-state index in [4.69, 9.17) is 15.9 Å². The molecule has 1 heterocycles. The maximum Gasteiger partial charge on any atom is 0.165 e. The van der Waals surface area contributed by atoms with E-state index in [0.29, 0.717) is 12.2 Å². The second kappa shape index (κ2) is 5.00. The molecule has 2 rings (SSSR count). The first-order valence-corrected chi connectivity index (χ1v) is 5.30. The maximum atomic E-state index is 13.3. The fraction of sp³-hybridized carbons (Fsp3) is 0.385. The summed E-state index contributed by atoms with van der Waals surface area (Å²) < 4.78 is 24.1. The van der Waals surface area contributed by atoms with Gasteiger partial charge in [-0.05, 0) is 31.0 Å². The minimum Gasteiger partial charge on any atom is -0.488 e. The van der Waals surface area contributed by atoms with Gasteiger partial charge >= 0.3 is 0 Å². The monoisotopic (exact) mass is 220 g/mol. The van der Waals surface area contributed by atoms with Gasteiger partial charge in [0.05, 0.1) is 6.10 Å². The summed E-state index contributed by atoms with van der Waals surface area (Å²) in [4.78, 5) is 0. The molecule has 1 aliphatic heterocycles. The fourth-order valence-electron chi connectivity index (χ4n) is 1.66. The van der Waals surface area contributed by atoms with E-state index < -0.39 is 5.82 Å². The van der Waals surface area contributed by atoms with Gasteiger partial charge < -0.3 is 9.47 Å². The maximum absolute atomic E-state index is 13.3. The van der Waals surface area contributed by atoms with E-state index in [1.165, 1.54) is 12.1 Å². The summed E-state index contributed by atoms with van der Waals surface area (Å²) in [6, 6.07) is 4.40. The van der Waals surface area contributed by atoms with Crippen molar-refractivity contribution >= 4 is 0 Å². The van der Waals surface area contributed by atoms with Gasteiger partial charge in [-0.25, -0.2) is 4.39 Å². The van der Waals surface area contributed by atoms with Gasteiger partial charge in [-0.2, -0.15) is 0 Å². The van der Waals surface area contributed by atoms with Crippen molar-refractivity contribution in [2.24, 2.45) is 0 Å². The van der Waals surface area contributed by atoms with Crippen molar-refractivity contribution in [3.63, 3.8) is 0 Å². The Morgan fingerprint density at radius 1 is 1.56 bits per heavy atom. The molecule has 0 unspecified atom stereocenters. The SMILES string of the molecule is C#Cc1ccc(F)c(OC[C@@H]2CCCO2)c1. The van der Waals surface area contributed by atoms with E-state index in [2.05, 4.69) is 5.92 Å². The van der Waals surface area contributed by atoms with Crippen molar-refractivity contribution in [1.29, 1.82) is 0 Å².